The fraction of sp³-hybridized carbons (Fsp3) is 0.294. The second kappa shape index (κ2) is 7.54. The summed E-state index contributed by atoms with van der Waals surface area (Å²) in [5, 5.41) is 3.66. The van der Waals surface area contributed by atoms with E-state index in [9.17, 15) is 4.79 Å². The number of morpholine rings is 1. The number of hydrogen-bond acceptors (Lipinski definition) is 7. The molecule has 0 spiro atoms. The summed E-state index contributed by atoms with van der Waals surface area (Å²) < 4.78 is 6.10. The zero-order valence-electron chi connectivity index (χ0n) is 13.9. The number of H-pyrrole nitrogens is 1. The predicted molar refractivity (Wildman–Crippen MR) is 108 cm³/mol. The van der Waals surface area contributed by atoms with E-state index >= 15 is 0 Å². The monoisotopic (exact) mass is 464 g/mol. The van der Waals surface area contributed by atoms with Gasteiger partial charge in [0.2, 0.25) is 0 Å². The first-order chi connectivity index (χ1) is 12.7. The Morgan fingerprint density at radius 3 is 2.85 bits per heavy atom. The lowest BCUT2D eigenvalue weighted by Gasteiger charge is -2.27. The molecule has 1 fully saturated rings. The molecule has 4 rings (SSSR count). The summed E-state index contributed by atoms with van der Waals surface area (Å²) in [5.74, 6) is 1.40. The van der Waals surface area contributed by atoms with Gasteiger partial charge in [-0.05, 0) is 18.2 Å². The Morgan fingerprint density at radius 1 is 1.27 bits per heavy atom. The second-order valence-corrected chi connectivity index (χ2v) is 6.61. The smallest absolute Gasteiger partial charge is 0.262 e. The molecule has 26 heavy (non-hydrogen) atoms. The number of fused-ring (bicyclic) bond motifs is 1. The molecule has 1 saturated heterocycles. The first-order valence-electron chi connectivity index (χ1n) is 8.23. The second-order valence-electron chi connectivity index (χ2n) is 5.85. The largest absolute Gasteiger partial charge is 0.378 e. The summed E-state index contributed by atoms with van der Waals surface area (Å²) in [6.45, 7) is 3.11. The molecule has 3 aromatic heterocycles. The van der Waals surface area contributed by atoms with E-state index in [4.69, 9.17) is 4.74 Å². The van der Waals surface area contributed by atoms with Crippen LogP contribution in [0.25, 0.3) is 10.9 Å². The van der Waals surface area contributed by atoms with Crippen LogP contribution in [0, 0.1) is 0 Å². The quantitative estimate of drug-likeness (QED) is 0.452. The summed E-state index contributed by atoms with van der Waals surface area (Å²) in [4.78, 5) is 30.4. The van der Waals surface area contributed by atoms with Gasteiger partial charge in [0.25, 0.3) is 5.56 Å². The molecule has 0 atom stereocenters. The normalized spacial score (nSPS) is 14.6. The molecule has 0 amide bonds. The van der Waals surface area contributed by atoms with Crippen LogP contribution >= 0.6 is 22.6 Å². The summed E-state index contributed by atoms with van der Waals surface area (Å²) in [5.41, 5.74) is 2.03. The molecule has 8 nitrogen and oxygen atoms in total. The molecule has 2 N–H and O–H groups in total. The third-order valence-corrected chi connectivity index (χ3v) is 4.94. The van der Waals surface area contributed by atoms with E-state index in [1.54, 1.807) is 6.20 Å². The molecule has 0 radical (unpaired) electrons. The van der Waals surface area contributed by atoms with Crippen molar-refractivity contribution in [3.63, 3.8) is 0 Å². The summed E-state index contributed by atoms with van der Waals surface area (Å²) in [6.07, 6.45) is 3.16. The van der Waals surface area contributed by atoms with E-state index in [0.29, 0.717) is 16.7 Å². The average molecular weight is 464 g/mol. The van der Waals surface area contributed by atoms with Gasteiger partial charge in [-0.2, -0.15) is 0 Å². The van der Waals surface area contributed by atoms with Crippen molar-refractivity contribution in [2.45, 2.75) is 4.43 Å². The third kappa shape index (κ3) is 3.49. The van der Waals surface area contributed by atoms with Gasteiger partial charge in [-0.3, -0.25) is 4.79 Å². The van der Waals surface area contributed by atoms with Gasteiger partial charge in [-0.25, -0.2) is 15.0 Å². The van der Waals surface area contributed by atoms with Gasteiger partial charge in [0, 0.05) is 17.5 Å². The Hall–Kier alpha value is -2.27. The minimum atomic E-state index is -0.220. The van der Waals surface area contributed by atoms with Crippen LogP contribution in [0.1, 0.15) is 5.69 Å². The maximum absolute atomic E-state index is 12.2. The summed E-state index contributed by atoms with van der Waals surface area (Å²) >= 11 is 2.24. The molecule has 0 saturated carbocycles. The van der Waals surface area contributed by atoms with E-state index in [1.807, 2.05) is 18.2 Å². The van der Waals surface area contributed by atoms with E-state index in [0.717, 1.165) is 47.9 Å². The Labute approximate surface area is 163 Å². The first-order valence-corrected chi connectivity index (χ1v) is 9.76. The van der Waals surface area contributed by atoms with E-state index in [1.165, 1.54) is 6.33 Å². The van der Waals surface area contributed by atoms with Crippen LogP contribution in [-0.4, -0.2) is 46.2 Å². The summed E-state index contributed by atoms with van der Waals surface area (Å²) in [6, 6.07) is 5.73. The molecule has 134 valence electrons. The number of nitrogens with zero attached hydrogens (tertiary/aromatic N) is 4. The van der Waals surface area contributed by atoms with Gasteiger partial charge < -0.3 is 19.9 Å². The summed E-state index contributed by atoms with van der Waals surface area (Å²) in [7, 11) is 0. The van der Waals surface area contributed by atoms with E-state index < -0.39 is 0 Å². The van der Waals surface area contributed by atoms with Gasteiger partial charge in [-0.15, -0.1) is 0 Å². The number of pyridine rings is 2. The molecule has 0 bridgehead atoms. The Kier molecular flexibility index (Phi) is 4.98. The molecular weight excluding hydrogens is 447 g/mol. The van der Waals surface area contributed by atoms with Gasteiger partial charge >= 0.3 is 0 Å². The molecule has 0 aromatic carbocycles. The van der Waals surface area contributed by atoms with Crippen molar-refractivity contribution in [1.82, 2.24) is 19.9 Å². The standard InChI is InChI=1S/C17H17IN6O2/c18-8-12-7-13-15(17(25)21-10-20-13)16(23-12)22-11-1-2-14(19-9-11)24-3-5-26-6-4-24/h1-2,7,9-10H,3-6,8H2,(H,22,23)(H,20,21,25). The number of rotatable bonds is 4. The molecule has 0 aliphatic carbocycles. The molecule has 4 heterocycles. The Balaban J connectivity index is 1.65. The van der Waals surface area contributed by atoms with Crippen LogP contribution in [0.3, 0.4) is 0 Å². The Bertz CT molecular complexity index is 969. The zero-order chi connectivity index (χ0) is 17.9. The van der Waals surface area contributed by atoms with Gasteiger partial charge in [-0.1, -0.05) is 22.6 Å². The highest BCUT2D eigenvalue weighted by Gasteiger charge is 2.13. The maximum atomic E-state index is 12.2. The molecular formula is C17H17IN6O2. The number of ether oxygens (including phenoxy) is 1. The highest BCUT2D eigenvalue weighted by Crippen LogP contribution is 2.23. The fourth-order valence-electron chi connectivity index (χ4n) is 2.88. The lowest BCUT2D eigenvalue weighted by atomic mass is 10.2. The Morgan fingerprint density at radius 2 is 2.12 bits per heavy atom. The lowest BCUT2D eigenvalue weighted by Crippen LogP contribution is -2.36. The molecule has 0 unspecified atom stereocenters. The van der Waals surface area contributed by atoms with Crippen molar-refractivity contribution in [2.24, 2.45) is 0 Å². The van der Waals surface area contributed by atoms with Gasteiger partial charge in [0.15, 0.2) is 0 Å². The van der Waals surface area contributed by atoms with Crippen molar-refractivity contribution in [3.8, 4) is 0 Å². The van der Waals surface area contributed by atoms with Crippen LogP contribution in [0.2, 0.25) is 0 Å². The predicted octanol–water partition coefficient (Wildman–Crippen LogP) is 2.23. The highest BCUT2D eigenvalue weighted by atomic mass is 127. The average Bonchev–Trinajstić information content (AvgIpc) is 2.69. The lowest BCUT2D eigenvalue weighted by molar-refractivity contribution is 0.122. The van der Waals surface area contributed by atoms with Gasteiger partial charge in [0.1, 0.15) is 17.0 Å². The van der Waals surface area contributed by atoms with Crippen molar-refractivity contribution >= 4 is 50.8 Å². The number of alkyl halides is 1. The maximum Gasteiger partial charge on any atom is 0.262 e. The molecule has 1 aliphatic heterocycles. The number of nitrogens with one attached hydrogen (secondary N) is 2. The van der Waals surface area contributed by atoms with E-state index in [-0.39, 0.29) is 5.56 Å². The minimum Gasteiger partial charge on any atom is -0.378 e. The number of hydrogen-bond donors (Lipinski definition) is 2. The number of aromatic nitrogens is 4. The van der Waals surface area contributed by atoms with E-state index in [2.05, 4.69) is 52.7 Å². The number of halogens is 1. The third-order valence-electron chi connectivity index (χ3n) is 4.16. The minimum absolute atomic E-state index is 0.220. The molecule has 1 aliphatic rings. The van der Waals surface area contributed by atoms with Crippen molar-refractivity contribution in [1.29, 1.82) is 0 Å². The first kappa shape index (κ1) is 17.2. The van der Waals surface area contributed by atoms with Crippen LogP contribution in [0.15, 0.2) is 35.5 Å². The van der Waals surface area contributed by atoms with Crippen molar-refractivity contribution in [3.05, 3.63) is 46.8 Å². The van der Waals surface area contributed by atoms with Crippen LogP contribution in [0.5, 0.6) is 0 Å². The fourth-order valence-corrected chi connectivity index (χ4v) is 3.27. The zero-order valence-corrected chi connectivity index (χ0v) is 16.1. The molecule has 9 heteroatoms. The van der Waals surface area contributed by atoms with Gasteiger partial charge in [0.05, 0.1) is 42.6 Å². The van der Waals surface area contributed by atoms with Crippen molar-refractivity contribution in [2.75, 3.05) is 36.5 Å². The van der Waals surface area contributed by atoms with Crippen LogP contribution in [0.4, 0.5) is 17.3 Å². The number of anilines is 3. The van der Waals surface area contributed by atoms with Crippen molar-refractivity contribution < 1.29 is 4.74 Å². The van der Waals surface area contributed by atoms with Crippen LogP contribution < -0.4 is 15.8 Å². The topological polar surface area (TPSA) is 96.0 Å². The number of aromatic amines is 1. The molecule has 3 aromatic rings. The van der Waals surface area contributed by atoms with Crippen LogP contribution in [-0.2, 0) is 9.16 Å². The SMILES string of the molecule is O=c1[nH]cnc2cc(CI)nc(Nc3ccc(N4CCOCC4)nc3)c12. The highest BCUT2D eigenvalue weighted by molar-refractivity contribution is 14.1.